The molecule has 0 spiro atoms. The van der Waals surface area contributed by atoms with Crippen molar-refractivity contribution in [2.24, 2.45) is 5.92 Å². The van der Waals surface area contributed by atoms with Crippen molar-refractivity contribution in [3.8, 4) is 5.69 Å². The zero-order chi connectivity index (χ0) is 32.2. The summed E-state index contributed by atoms with van der Waals surface area (Å²) in [5, 5.41) is 21.2. The molecule has 3 aromatic rings. The smallest absolute Gasteiger partial charge is 0.168 e. The molecule has 11 nitrogen and oxygen atoms in total. The number of aromatic nitrogens is 4. The molecule has 258 valence electrons. The van der Waals surface area contributed by atoms with E-state index in [1.165, 1.54) is 68.3 Å². The van der Waals surface area contributed by atoms with E-state index >= 15 is 0 Å². The molecule has 4 bridgehead atoms. The van der Waals surface area contributed by atoms with E-state index < -0.39 is 11.6 Å². The average Bonchev–Trinajstić information content (AvgIpc) is 3.82. The van der Waals surface area contributed by atoms with Crippen molar-refractivity contribution in [1.29, 1.82) is 0 Å². The lowest BCUT2D eigenvalue weighted by Gasteiger charge is -2.45. The van der Waals surface area contributed by atoms with Crippen LogP contribution >= 0.6 is 0 Å². The zero-order valence-electron chi connectivity index (χ0n) is 27.7. The number of nitrogens with zero attached hydrogens (tertiary/aromatic N) is 7. The van der Waals surface area contributed by atoms with Gasteiger partial charge in [0.25, 0.3) is 0 Å². The van der Waals surface area contributed by atoms with Crippen molar-refractivity contribution in [1.82, 2.24) is 50.8 Å². The van der Waals surface area contributed by atoms with Gasteiger partial charge < -0.3 is 10.2 Å². The van der Waals surface area contributed by atoms with Crippen LogP contribution in [0.3, 0.4) is 0 Å². The highest BCUT2D eigenvalue weighted by Gasteiger charge is 2.46. The Morgan fingerprint density at radius 1 is 0.854 bits per heavy atom. The highest BCUT2D eigenvalue weighted by molar-refractivity contribution is 5.88. The molecule has 0 amide bonds. The van der Waals surface area contributed by atoms with E-state index in [9.17, 15) is 8.78 Å². The van der Waals surface area contributed by atoms with Crippen LogP contribution in [0.2, 0.25) is 0 Å². The van der Waals surface area contributed by atoms with Crippen molar-refractivity contribution < 1.29 is 8.78 Å². The van der Waals surface area contributed by atoms with Gasteiger partial charge in [0.2, 0.25) is 0 Å². The van der Waals surface area contributed by atoms with Gasteiger partial charge in [-0.2, -0.15) is 5.10 Å². The number of anilines is 1. The highest BCUT2D eigenvalue weighted by Crippen LogP contribution is 2.38. The fourth-order valence-corrected chi connectivity index (χ4v) is 10.2. The number of hydrogen-bond acceptors (Lipinski definition) is 10. The standard InChI is InChI=1S/C35H49F2N11/c36-22-9-10-31(28(37)14-22)48-35-27(17-42-48)34(39-20-40-35)47-18-23-15-25(47)19-45-13-11-38-16-24(45)4-3-12-46-21-41-30-7-1-5-26(33(30)46)29-6-2-8-32(43-23)44-29/h9-10,14,17,20,23-26,29-30,32-33,38,41,43-44H,1-8,11-13,15-16,18-19,21H2/t23-,24?,25-,26?,29?,30?,32?,33?/m0/s1. The molecule has 7 heterocycles. The summed E-state index contributed by atoms with van der Waals surface area (Å²) in [6, 6.07) is 6.43. The van der Waals surface area contributed by atoms with E-state index in [0.717, 1.165) is 69.5 Å². The number of rotatable bonds is 2. The summed E-state index contributed by atoms with van der Waals surface area (Å²) in [5.74, 6) is 0.238. The minimum Gasteiger partial charge on any atom is -0.350 e. The van der Waals surface area contributed by atoms with Crippen LogP contribution in [-0.4, -0.2) is 118 Å². The van der Waals surface area contributed by atoms with Gasteiger partial charge >= 0.3 is 0 Å². The molecule has 1 aromatic carbocycles. The van der Waals surface area contributed by atoms with Gasteiger partial charge in [0.1, 0.15) is 23.6 Å². The Morgan fingerprint density at radius 3 is 2.71 bits per heavy atom. The summed E-state index contributed by atoms with van der Waals surface area (Å²) in [6.07, 6.45) is 14.6. The van der Waals surface area contributed by atoms with Crippen LogP contribution in [0.4, 0.5) is 14.6 Å². The summed E-state index contributed by atoms with van der Waals surface area (Å²) in [4.78, 5) is 17.4. The number of hydrogen-bond donors (Lipinski definition) is 4. The SMILES string of the molecule is Fc1ccc(-n2ncc3c(N4C[C@@H]5C[C@H]4CN4CCNCC4CCCN4CNC6CCCC(C7CCCC(N7)N5)C64)ncnc32)c(F)c1. The third kappa shape index (κ3) is 5.79. The molecule has 9 rings (SSSR count). The Labute approximate surface area is 281 Å². The molecular weight excluding hydrogens is 612 g/mol. The summed E-state index contributed by atoms with van der Waals surface area (Å²) in [5.41, 5.74) is 0.699. The molecule has 5 aliphatic heterocycles. The van der Waals surface area contributed by atoms with Gasteiger partial charge in [-0.3, -0.25) is 25.8 Å². The molecular formula is C35H49F2N11. The molecule has 5 saturated heterocycles. The number of piperazine rings is 1. The largest absolute Gasteiger partial charge is 0.350 e. The number of piperidine rings is 1. The molecule has 1 aliphatic carbocycles. The van der Waals surface area contributed by atoms with Gasteiger partial charge in [-0.1, -0.05) is 6.42 Å². The van der Waals surface area contributed by atoms with E-state index in [1.807, 2.05) is 0 Å². The summed E-state index contributed by atoms with van der Waals surface area (Å²) in [6.45, 7) is 7.07. The number of halogens is 2. The van der Waals surface area contributed by atoms with Gasteiger partial charge in [-0.15, -0.1) is 0 Å². The third-order valence-corrected chi connectivity index (χ3v) is 12.3. The molecule has 13 heteroatoms. The normalized spacial score (nSPS) is 35.1. The third-order valence-electron chi connectivity index (χ3n) is 12.3. The summed E-state index contributed by atoms with van der Waals surface area (Å²) >= 11 is 0. The molecule has 6 aliphatic rings. The van der Waals surface area contributed by atoms with Crippen LogP contribution in [0.1, 0.15) is 57.8 Å². The fourth-order valence-electron chi connectivity index (χ4n) is 10.2. The second-order valence-corrected chi connectivity index (χ2v) is 15.1. The van der Waals surface area contributed by atoms with E-state index in [-0.39, 0.29) is 11.7 Å². The first kappa shape index (κ1) is 31.2. The predicted molar refractivity (Wildman–Crippen MR) is 181 cm³/mol. The van der Waals surface area contributed by atoms with Crippen molar-refractivity contribution in [2.75, 3.05) is 50.8 Å². The van der Waals surface area contributed by atoms with Crippen molar-refractivity contribution >= 4 is 16.9 Å². The molecule has 1 saturated carbocycles. The van der Waals surface area contributed by atoms with Crippen molar-refractivity contribution in [2.45, 2.75) is 100 Å². The summed E-state index contributed by atoms with van der Waals surface area (Å²) in [7, 11) is 0. The average molecular weight is 662 g/mol. The van der Waals surface area contributed by atoms with Gasteiger partial charge in [0.05, 0.1) is 17.7 Å². The number of nitrogens with one attached hydrogen (secondary N) is 4. The van der Waals surface area contributed by atoms with E-state index in [4.69, 9.17) is 4.98 Å². The maximum absolute atomic E-state index is 14.9. The van der Waals surface area contributed by atoms with E-state index in [1.54, 1.807) is 12.5 Å². The Balaban J connectivity index is 1.04. The van der Waals surface area contributed by atoms with Crippen molar-refractivity contribution in [3.05, 3.63) is 42.4 Å². The molecule has 6 unspecified atom stereocenters. The van der Waals surface area contributed by atoms with E-state index in [0.29, 0.717) is 47.9 Å². The quantitative estimate of drug-likeness (QED) is 0.328. The lowest BCUT2D eigenvalue weighted by atomic mass is 9.74. The zero-order valence-corrected chi connectivity index (χ0v) is 27.7. The molecule has 48 heavy (non-hydrogen) atoms. The fraction of sp³-hybridized carbons (Fsp3) is 0.686. The first-order valence-electron chi connectivity index (χ1n) is 18.4. The van der Waals surface area contributed by atoms with Crippen LogP contribution < -0.4 is 26.2 Å². The Hall–Kier alpha value is -2.81. The van der Waals surface area contributed by atoms with Crippen LogP contribution in [0.5, 0.6) is 0 Å². The van der Waals surface area contributed by atoms with Gasteiger partial charge in [0.15, 0.2) is 11.5 Å². The van der Waals surface area contributed by atoms with E-state index in [2.05, 4.69) is 46.0 Å². The summed E-state index contributed by atoms with van der Waals surface area (Å²) < 4.78 is 30.1. The van der Waals surface area contributed by atoms with Crippen molar-refractivity contribution in [3.63, 3.8) is 0 Å². The number of benzene rings is 1. The highest BCUT2D eigenvalue weighted by atomic mass is 19.1. The molecule has 6 fully saturated rings. The van der Waals surface area contributed by atoms with Crippen LogP contribution in [0, 0.1) is 17.6 Å². The first-order valence-corrected chi connectivity index (χ1v) is 18.4. The second kappa shape index (κ2) is 13.1. The maximum atomic E-state index is 14.9. The monoisotopic (exact) mass is 661 g/mol. The Morgan fingerprint density at radius 2 is 1.77 bits per heavy atom. The predicted octanol–water partition coefficient (Wildman–Crippen LogP) is 2.57. The first-order chi connectivity index (χ1) is 23.6. The molecule has 8 atom stereocenters. The van der Waals surface area contributed by atoms with Crippen LogP contribution in [0.25, 0.3) is 16.7 Å². The maximum Gasteiger partial charge on any atom is 0.168 e. The molecule has 0 radical (unpaired) electrons. The minimum absolute atomic E-state index is 0.174. The molecule has 4 N–H and O–H groups in total. The van der Waals surface area contributed by atoms with Gasteiger partial charge in [-0.25, -0.2) is 23.4 Å². The van der Waals surface area contributed by atoms with Gasteiger partial charge in [0, 0.05) is 81.7 Å². The van der Waals surface area contributed by atoms with Crippen LogP contribution in [0.15, 0.2) is 30.7 Å². The molecule has 2 aromatic heterocycles. The number of fused-ring (bicyclic) bond motifs is 7. The lowest BCUT2D eigenvalue weighted by molar-refractivity contribution is 0.0834. The minimum atomic E-state index is -0.670. The topological polar surface area (TPSA) is 101 Å². The Kier molecular flexibility index (Phi) is 8.54. The Bertz CT molecular complexity index is 1600. The van der Waals surface area contributed by atoms with Crippen LogP contribution in [-0.2, 0) is 0 Å². The second-order valence-electron chi connectivity index (χ2n) is 15.1. The lowest BCUT2D eigenvalue weighted by Crippen LogP contribution is -2.60. The van der Waals surface area contributed by atoms with Gasteiger partial charge in [-0.05, 0) is 76.0 Å².